The molecule has 0 spiro atoms. The SMILES string of the molecule is CCN(CC)S(=O)(=O)c1ccc(NC(=O)CN(Cc2cccs2)CC2CCCO2)cc1. The van der Waals surface area contributed by atoms with Crippen molar-refractivity contribution in [3.8, 4) is 0 Å². The highest BCUT2D eigenvalue weighted by Gasteiger charge is 2.23. The zero-order valence-electron chi connectivity index (χ0n) is 18.1. The summed E-state index contributed by atoms with van der Waals surface area (Å²) in [5, 5.41) is 4.92. The molecule has 1 aliphatic heterocycles. The van der Waals surface area contributed by atoms with Crippen LogP contribution in [0.5, 0.6) is 0 Å². The van der Waals surface area contributed by atoms with E-state index in [1.54, 1.807) is 35.6 Å². The van der Waals surface area contributed by atoms with Crippen LogP contribution in [0.1, 0.15) is 31.6 Å². The largest absolute Gasteiger partial charge is 0.377 e. The van der Waals surface area contributed by atoms with Crippen molar-refractivity contribution >= 4 is 33.0 Å². The Bertz CT molecular complexity index is 920. The Morgan fingerprint density at radius 1 is 1.19 bits per heavy atom. The summed E-state index contributed by atoms with van der Waals surface area (Å²) in [6, 6.07) is 10.4. The Morgan fingerprint density at radius 2 is 1.94 bits per heavy atom. The van der Waals surface area contributed by atoms with E-state index < -0.39 is 10.0 Å². The normalized spacial score (nSPS) is 16.8. The molecule has 1 saturated heterocycles. The Morgan fingerprint density at radius 3 is 2.52 bits per heavy atom. The molecule has 0 bridgehead atoms. The number of hydrogen-bond donors (Lipinski definition) is 1. The van der Waals surface area contributed by atoms with Crippen molar-refractivity contribution in [1.82, 2.24) is 9.21 Å². The number of carbonyl (C=O) groups is 1. The highest BCUT2D eigenvalue weighted by molar-refractivity contribution is 7.89. The van der Waals surface area contributed by atoms with Gasteiger partial charge in [-0.05, 0) is 48.6 Å². The first kappa shape index (κ1) is 23.9. The maximum Gasteiger partial charge on any atom is 0.243 e. The number of anilines is 1. The fourth-order valence-corrected chi connectivity index (χ4v) is 5.91. The van der Waals surface area contributed by atoms with Crippen molar-refractivity contribution in [2.75, 3.05) is 38.1 Å². The van der Waals surface area contributed by atoms with Crippen molar-refractivity contribution in [2.45, 2.75) is 44.2 Å². The van der Waals surface area contributed by atoms with E-state index in [4.69, 9.17) is 4.74 Å². The van der Waals surface area contributed by atoms with Gasteiger partial charge in [-0.3, -0.25) is 9.69 Å². The number of ether oxygens (including phenoxy) is 1. The summed E-state index contributed by atoms with van der Waals surface area (Å²) in [5.74, 6) is -0.131. The fourth-order valence-electron chi connectivity index (χ4n) is 3.71. The van der Waals surface area contributed by atoms with Gasteiger partial charge in [-0.2, -0.15) is 4.31 Å². The summed E-state index contributed by atoms with van der Waals surface area (Å²) < 4.78 is 32.4. The lowest BCUT2D eigenvalue weighted by Crippen LogP contribution is -2.37. The molecule has 9 heteroatoms. The molecule has 0 saturated carbocycles. The van der Waals surface area contributed by atoms with Crippen LogP contribution < -0.4 is 5.32 Å². The predicted molar refractivity (Wildman–Crippen MR) is 124 cm³/mol. The summed E-state index contributed by atoms with van der Waals surface area (Å²) in [4.78, 5) is 16.2. The molecule has 1 aromatic carbocycles. The summed E-state index contributed by atoms with van der Waals surface area (Å²) in [6.45, 7) is 6.91. The van der Waals surface area contributed by atoms with Gasteiger partial charge >= 0.3 is 0 Å². The summed E-state index contributed by atoms with van der Waals surface area (Å²) >= 11 is 1.67. The van der Waals surface area contributed by atoms with Crippen LogP contribution in [0.3, 0.4) is 0 Å². The second-order valence-electron chi connectivity index (χ2n) is 7.55. The molecule has 31 heavy (non-hydrogen) atoms. The van der Waals surface area contributed by atoms with Gasteiger partial charge in [0, 0.05) is 43.4 Å². The summed E-state index contributed by atoms with van der Waals surface area (Å²) in [5.41, 5.74) is 0.580. The molecule has 1 N–H and O–H groups in total. The van der Waals surface area contributed by atoms with E-state index in [-0.39, 0.29) is 23.5 Å². The van der Waals surface area contributed by atoms with Gasteiger partial charge < -0.3 is 10.1 Å². The lowest BCUT2D eigenvalue weighted by molar-refractivity contribution is -0.117. The van der Waals surface area contributed by atoms with Crippen LogP contribution in [-0.4, -0.2) is 62.4 Å². The minimum Gasteiger partial charge on any atom is -0.377 e. The number of nitrogens with one attached hydrogen (secondary N) is 1. The third-order valence-corrected chi connectivity index (χ3v) is 8.22. The van der Waals surface area contributed by atoms with Gasteiger partial charge in [0.15, 0.2) is 0 Å². The predicted octanol–water partition coefficient (Wildman–Crippen LogP) is 3.40. The Hall–Kier alpha value is -1.78. The standard InChI is InChI=1S/C22H31N3O4S2/c1-3-25(4-2)31(27,28)21-11-9-18(10-12-21)23-22(26)17-24(15-19-7-5-13-29-19)16-20-8-6-14-30-20/h6,8-12,14,19H,3-5,7,13,15-17H2,1-2H3,(H,23,26). The molecule has 2 heterocycles. The van der Waals surface area contributed by atoms with E-state index >= 15 is 0 Å². The molecule has 1 atom stereocenters. The average molecular weight is 466 g/mol. The number of nitrogens with zero attached hydrogens (tertiary/aromatic N) is 2. The lowest BCUT2D eigenvalue weighted by Gasteiger charge is -2.24. The highest BCUT2D eigenvalue weighted by atomic mass is 32.2. The number of amides is 1. The Kier molecular flexibility index (Phi) is 8.62. The molecule has 3 rings (SSSR count). The van der Waals surface area contributed by atoms with Gasteiger partial charge in [0.25, 0.3) is 0 Å². The van der Waals surface area contributed by atoms with E-state index in [1.807, 2.05) is 25.3 Å². The second kappa shape index (κ2) is 11.2. The molecule has 1 fully saturated rings. The number of thiophene rings is 1. The number of sulfonamides is 1. The number of carbonyl (C=O) groups excluding carboxylic acids is 1. The molecule has 1 amide bonds. The van der Waals surface area contributed by atoms with Gasteiger partial charge in [-0.25, -0.2) is 8.42 Å². The van der Waals surface area contributed by atoms with Crippen LogP contribution in [0.15, 0.2) is 46.7 Å². The van der Waals surface area contributed by atoms with Gasteiger partial charge in [-0.15, -0.1) is 11.3 Å². The number of rotatable bonds is 11. The maximum absolute atomic E-state index is 12.7. The molecule has 170 valence electrons. The van der Waals surface area contributed by atoms with E-state index in [9.17, 15) is 13.2 Å². The van der Waals surface area contributed by atoms with Crippen LogP contribution >= 0.6 is 11.3 Å². The molecule has 1 aromatic heterocycles. The van der Waals surface area contributed by atoms with Gasteiger partial charge in [-0.1, -0.05) is 19.9 Å². The van der Waals surface area contributed by atoms with Crippen molar-refractivity contribution < 1.29 is 17.9 Å². The molecule has 1 unspecified atom stereocenters. The molecular formula is C22H31N3O4S2. The van der Waals surface area contributed by atoms with Gasteiger partial charge in [0.2, 0.25) is 15.9 Å². The van der Waals surface area contributed by atoms with E-state index in [0.29, 0.717) is 31.9 Å². The average Bonchev–Trinajstić information content (AvgIpc) is 3.43. The quantitative estimate of drug-likeness (QED) is 0.550. The molecule has 1 aliphatic rings. The van der Waals surface area contributed by atoms with Crippen molar-refractivity contribution in [3.05, 3.63) is 46.7 Å². The van der Waals surface area contributed by atoms with Crippen LogP contribution in [0.2, 0.25) is 0 Å². The Labute approximate surface area is 189 Å². The van der Waals surface area contributed by atoms with Crippen LogP contribution in [-0.2, 0) is 26.1 Å². The first-order valence-electron chi connectivity index (χ1n) is 10.7. The number of benzene rings is 1. The second-order valence-corrected chi connectivity index (χ2v) is 10.5. The molecule has 0 radical (unpaired) electrons. The van der Waals surface area contributed by atoms with Crippen molar-refractivity contribution in [2.24, 2.45) is 0 Å². The summed E-state index contributed by atoms with van der Waals surface area (Å²) in [6.07, 6.45) is 2.25. The zero-order valence-corrected chi connectivity index (χ0v) is 19.8. The molecule has 0 aliphatic carbocycles. The Balaban J connectivity index is 1.62. The van der Waals surface area contributed by atoms with Gasteiger partial charge in [0.05, 0.1) is 17.5 Å². The molecule has 2 aromatic rings. The van der Waals surface area contributed by atoms with Crippen LogP contribution in [0, 0.1) is 0 Å². The smallest absolute Gasteiger partial charge is 0.243 e. The first-order valence-corrected chi connectivity index (χ1v) is 13.0. The maximum atomic E-state index is 12.7. The van der Waals surface area contributed by atoms with E-state index in [0.717, 1.165) is 19.4 Å². The van der Waals surface area contributed by atoms with Crippen molar-refractivity contribution in [1.29, 1.82) is 0 Å². The van der Waals surface area contributed by atoms with Gasteiger partial charge in [0.1, 0.15) is 0 Å². The molecule has 7 nitrogen and oxygen atoms in total. The molecular weight excluding hydrogens is 434 g/mol. The third kappa shape index (κ3) is 6.60. The number of hydrogen-bond acceptors (Lipinski definition) is 6. The first-order chi connectivity index (χ1) is 14.9. The zero-order chi connectivity index (χ0) is 22.3. The van der Waals surface area contributed by atoms with Crippen LogP contribution in [0.25, 0.3) is 0 Å². The lowest BCUT2D eigenvalue weighted by atomic mass is 10.2. The minimum atomic E-state index is -3.51. The van der Waals surface area contributed by atoms with E-state index in [1.165, 1.54) is 9.18 Å². The fraction of sp³-hybridized carbons (Fsp3) is 0.500. The highest BCUT2D eigenvalue weighted by Crippen LogP contribution is 2.19. The van der Waals surface area contributed by atoms with Crippen LogP contribution in [0.4, 0.5) is 5.69 Å². The monoisotopic (exact) mass is 465 g/mol. The third-order valence-electron chi connectivity index (χ3n) is 5.29. The van der Waals surface area contributed by atoms with Crippen molar-refractivity contribution in [3.63, 3.8) is 0 Å². The topological polar surface area (TPSA) is 79.0 Å². The minimum absolute atomic E-state index is 0.131. The van der Waals surface area contributed by atoms with E-state index in [2.05, 4.69) is 16.3 Å². The summed E-state index contributed by atoms with van der Waals surface area (Å²) in [7, 11) is -3.51.